The van der Waals surface area contributed by atoms with E-state index in [0.29, 0.717) is 40.9 Å². The number of aliphatic imine (C=N–C) groups is 1. The number of nitrogens with zero attached hydrogens (tertiary/aromatic N) is 3. The number of amides is 1. The standard InChI is InChI=1S/C29H34N4O5S/c1-18-25(27(35)38-29(2,3)4)26(19-10-11-22(36-5)23(15-19)37-6)33-21(17-39-28(33)32-18)16-24(34)31-14-12-20-9-7-8-13-30-20/h7-11,13,15,17,26H,12,14,16H2,1-6H3,(H,31,34). The number of hydrogen-bond acceptors (Lipinski definition) is 9. The van der Waals surface area contributed by atoms with Crippen molar-refractivity contribution < 1.29 is 23.8 Å². The van der Waals surface area contributed by atoms with Crippen LogP contribution in [0.25, 0.3) is 0 Å². The van der Waals surface area contributed by atoms with Gasteiger partial charge in [-0.3, -0.25) is 9.78 Å². The number of allylic oxidation sites excluding steroid dienone is 1. The summed E-state index contributed by atoms with van der Waals surface area (Å²) >= 11 is 1.43. The maximum Gasteiger partial charge on any atom is 0.338 e. The zero-order chi connectivity index (χ0) is 28.2. The van der Waals surface area contributed by atoms with Gasteiger partial charge in [-0.2, -0.15) is 0 Å². The number of methoxy groups -OCH3 is 2. The molecule has 9 nitrogen and oxygen atoms in total. The molecule has 4 rings (SSSR count). The summed E-state index contributed by atoms with van der Waals surface area (Å²) in [5.41, 5.74) is 2.71. The minimum atomic E-state index is -0.692. The van der Waals surface area contributed by atoms with Crippen LogP contribution in [0, 0.1) is 0 Å². The number of pyridine rings is 1. The van der Waals surface area contributed by atoms with E-state index in [-0.39, 0.29) is 12.3 Å². The number of hydrogen-bond donors (Lipinski definition) is 1. The largest absolute Gasteiger partial charge is 0.493 e. The van der Waals surface area contributed by atoms with Gasteiger partial charge in [-0.25, -0.2) is 9.79 Å². The highest BCUT2D eigenvalue weighted by Gasteiger charge is 2.42. The monoisotopic (exact) mass is 550 g/mol. The van der Waals surface area contributed by atoms with Crippen LogP contribution < -0.4 is 14.8 Å². The van der Waals surface area contributed by atoms with Crippen LogP contribution in [0.4, 0.5) is 0 Å². The molecule has 206 valence electrons. The molecule has 0 spiro atoms. The molecule has 0 aliphatic carbocycles. The van der Waals surface area contributed by atoms with Crippen LogP contribution in [0.2, 0.25) is 0 Å². The molecule has 0 fully saturated rings. The third-order valence-corrected chi connectivity index (χ3v) is 7.00. The second kappa shape index (κ2) is 11.9. The molecule has 1 amide bonds. The number of carbonyl (C=O) groups is 2. The first-order valence-electron chi connectivity index (χ1n) is 12.7. The van der Waals surface area contributed by atoms with Crippen LogP contribution in [0.5, 0.6) is 11.5 Å². The third-order valence-electron chi connectivity index (χ3n) is 6.11. The molecule has 0 saturated heterocycles. The van der Waals surface area contributed by atoms with Crippen molar-refractivity contribution in [3.8, 4) is 11.5 Å². The number of aromatic nitrogens is 1. The summed E-state index contributed by atoms with van der Waals surface area (Å²) in [4.78, 5) is 37.5. The molecule has 2 aliphatic heterocycles. The van der Waals surface area contributed by atoms with E-state index in [9.17, 15) is 9.59 Å². The van der Waals surface area contributed by atoms with E-state index in [4.69, 9.17) is 19.2 Å². The highest BCUT2D eigenvalue weighted by Crippen LogP contribution is 2.46. The summed E-state index contributed by atoms with van der Waals surface area (Å²) in [5.74, 6) is 0.517. The summed E-state index contributed by atoms with van der Waals surface area (Å²) in [7, 11) is 3.14. The highest BCUT2D eigenvalue weighted by molar-refractivity contribution is 8.16. The Hall–Kier alpha value is -3.79. The molecule has 39 heavy (non-hydrogen) atoms. The molecule has 2 aromatic rings. The van der Waals surface area contributed by atoms with E-state index in [1.165, 1.54) is 11.8 Å². The Morgan fingerprint density at radius 3 is 2.54 bits per heavy atom. The van der Waals surface area contributed by atoms with Gasteiger partial charge in [0.2, 0.25) is 5.91 Å². The van der Waals surface area contributed by atoms with Crippen molar-refractivity contribution >= 4 is 28.8 Å². The van der Waals surface area contributed by atoms with Gasteiger partial charge in [-0.05, 0) is 62.9 Å². The molecule has 3 heterocycles. The topological polar surface area (TPSA) is 102 Å². The number of rotatable bonds is 9. The first-order valence-corrected chi connectivity index (χ1v) is 13.6. The van der Waals surface area contributed by atoms with Crippen molar-refractivity contribution in [1.29, 1.82) is 0 Å². The molecular weight excluding hydrogens is 516 g/mol. The van der Waals surface area contributed by atoms with E-state index in [2.05, 4.69) is 10.3 Å². The first kappa shape index (κ1) is 28.2. The summed E-state index contributed by atoms with van der Waals surface area (Å²) in [6.45, 7) is 7.76. The van der Waals surface area contributed by atoms with Gasteiger partial charge in [0.15, 0.2) is 16.7 Å². The smallest absolute Gasteiger partial charge is 0.338 e. The van der Waals surface area contributed by atoms with Gasteiger partial charge in [0.25, 0.3) is 0 Å². The fourth-order valence-corrected chi connectivity index (χ4v) is 5.37. The minimum absolute atomic E-state index is 0.124. The Morgan fingerprint density at radius 2 is 1.87 bits per heavy atom. The van der Waals surface area contributed by atoms with Crippen LogP contribution in [0.1, 0.15) is 51.4 Å². The molecule has 1 aromatic carbocycles. The van der Waals surface area contributed by atoms with Gasteiger partial charge in [0.1, 0.15) is 5.60 Å². The lowest BCUT2D eigenvalue weighted by molar-refractivity contribution is -0.150. The Balaban J connectivity index is 1.63. The van der Waals surface area contributed by atoms with Crippen LogP contribution in [0.3, 0.4) is 0 Å². The van der Waals surface area contributed by atoms with Gasteiger partial charge in [-0.1, -0.05) is 23.9 Å². The van der Waals surface area contributed by atoms with Crippen molar-refractivity contribution in [2.45, 2.75) is 52.2 Å². The molecule has 0 radical (unpaired) electrons. The van der Waals surface area contributed by atoms with E-state index in [0.717, 1.165) is 17.0 Å². The lowest BCUT2D eigenvalue weighted by atomic mass is 9.93. The molecule has 1 N–H and O–H groups in total. The summed E-state index contributed by atoms with van der Waals surface area (Å²) in [5, 5.41) is 5.58. The lowest BCUT2D eigenvalue weighted by Crippen LogP contribution is -2.39. The van der Waals surface area contributed by atoms with E-state index >= 15 is 0 Å². The molecule has 1 atom stereocenters. The predicted molar refractivity (Wildman–Crippen MR) is 151 cm³/mol. The summed E-state index contributed by atoms with van der Waals surface area (Å²) < 4.78 is 16.8. The number of nitrogens with one attached hydrogen (secondary N) is 1. The maximum atomic E-state index is 13.5. The molecular formula is C29H34N4O5S. The zero-order valence-electron chi connectivity index (χ0n) is 23.1. The van der Waals surface area contributed by atoms with Gasteiger partial charge >= 0.3 is 5.97 Å². The van der Waals surface area contributed by atoms with Crippen molar-refractivity contribution in [2.75, 3.05) is 20.8 Å². The number of benzene rings is 1. The number of carbonyl (C=O) groups excluding carboxylic acids is 2. The Labute approximate surface area is 233 Å². The predicted octanol–water partition coefficient (Wildman–Crippen LogP) is 4.76. The molecule has 0 saturated carbocycles. The maximum absolute atomic E-state index is 13.5. The average molecular weight is 551 g/mol. The normalized spacial score (nSPS) is 16.8. The average Bonchev–Trinajstić information content (AvgIpc) is 3.28. The van der Waals surface area contributed by atoms with Crippen molar-refractivity contribution in [1.82, 2.24) is 15.2 Å². The second-order valence-electron chi connectivity index (χ2n) is 10.1. The Morgan fingerprint density at radius 1 is 1.10 bits per heavy atom. The quantitative estimate of drug-likeness (QED) is 0.446. The highest BCUT2D eigenvalue weighted by atomic mass is 32.2. The van der Waals surface area contributed by atoms with Crippen molar-refractivity contribution in [3.05, 3.63) is 76.2 Å². The fraction of sp³-hybridized carbons (Fsp3) is 0.379. The van der Waals surface area contributed by atoms with Gasteiger partial charge in [0.05, 0.1) is 38.0 Å². The number of fused-ring (bicyclic) bond motifs is 1. The molecule has 10 heteroatoms. The van der Waals surface area contributed by atoms with Gasteiger partial charge < -0.3 is 24.4 Å². The minimum Gasteiger partial charge on any atom is -0.493 e. The van der Waals surface area contributed by atoms with E-state index in [1.807, 2.05) is 61.4 Å². The number of ether oxygens (including phenoxy) is 3. The molecule has 0 bridgehead atoms. The van der Waals surface area contributed by atoms with Crippen LogP contribution in [-0.2, 0) is 20.7 Å². The fourth-order valence-electron chi connectivity index (χ4n) is 4.41. The van der Waals surface area contributed by atoms with Gasteiger partial charge in [-0.15, -0.1) is 0 Å². The number of esters is 1. The zero-order valence-corrected chi connectivity index (χ0v) is 23.9. The van der Waals surface area contributed by atoms with Crippen LogP contribution in [0.15, 0.2) is 70.0 Å². The van der Waals surface area contributed by atoms with E-state index < -0.39 is 17.6 Å². The van der Waals surface area contributed by atoms with Crippen molar-refractivity contribution in [3.63, 3.8) is 0 Å². The Kier molecular flexibility index (Phi) is 8.64. The van der Waals surface area contributed by atoms with Crippen LogP contribution in [-0.4, -0.2) is 53.3 Å². The number of thioether (sulfide) groups is 1. The molecule has 1 unspecified atom stereocenters. The number of amidine groups is 1. The third kappa shape index (κ3) is 6.62. The molecule has 1 aromatic heterocycles. The lowest BCUT2D eigenvalue weighted by Gasteiger charge is -2.37. The second-order valence-corrected chi connectivity index (χ2v) is 10.9. The van der Waals surface area contributed by atoms with Crippen molar-refractivity contribution in [2.24, 2.45) is 4.99 Å². The SMILES string of the molecule is COc1ccc(C2C(C(=O)OC(C)(C)C)=C(C)N=C3SC=C(CC(=O)NCCc4ccccn4)N32)cc1OC. The van der Waals surface area contributed by atoms with E-state index in [1.54, 1.807) is 33.4 Å². The molecule has 2 aliphatic rings. The summed E-state index contributed by atoms with van der Waals surface area (Å²) in [6.07, 6.45) is 2.50. The summed E-state index contributed by atoms with van der Waals surface area (Å²) in [6, 6.07) is 10.7. The van der Waals surface area contributed by atoms with Gasteiger partial charge in [0, 0.05) is 30.6 Å². The first-order chi connectivity index (χ1) is 18.6. The Bertz CT molecular complexity index is 1330. The van der Waals surface area contributed by atoms with Crippen LogP contribution >= 0.6 is 11.8 Å².